The van der Waals surface area contributed by atoms with Gasteiger partial charge in [-0.2, -0.15) is 0 Å². The van der Waals surface area contributed by atoms with Crippen LogP contribution in [-0.2, 0) is 9.53 Å². The first-order valence-electron chi connectivity index (χ1n) is 4.29. The van der Waals surface area contributed by atoms with E-state index in [9.17, 15) is 9.59 Å². The second kappa shape index (κ2) is 5.02. The number of nitrogens with zero attached hydrogens (tertiary/aromatic N) is 1. The molecule has 4 nitrogen and oxygen atoms in total. The number of hydrogen-bond donors (Lipinski definition) is 0. The molecule has 0 N–H and O–H groups in total. The number of halogens is 1. The predicted molar refractivity (Wildman–Crippen MR) is 57.8 cm³/mol. The van der Waals surface area contributed by atoms with Gasteiger partial charge in [0.25, 0.3) is 0 Å². The Morgan fingerprint density at radius 3 is 2.73 bits per heavy atom. The molecule has 5 heteroatoms. The number of aryl methyl sites for hydroxylation is 1. The molecule has 0 aliphatic rings. The molecule has 0 spiro atoms. The highest BCUT2D eigenvalue weighted by Crippen LogP contribution is 2.12. The summed E-state index contributed by atoms with van der Waals surface area (Å²) in [5.41, 5.74) is 1.20. The van der Waals surface area contributed by atoms with Crippen LogP contribution < -0.4 is 0 Å². The first-order valence-corrected chi connectivity index (χ1v) is 5.20. The van der Waals surface area contributed by atoms with E-state index in [4.69, 9.17) is 4.74 Å². The first-order chi connectivity index (χ1) is 7.00. The number of carbonyl (C=O) groups excluding carboxylic acids is 2. The molecule has 0 bridgehead atoms. The lowest BCUT2D eigenvalue weighted by atomic mass is 10.1. The summed E-state index contributed by atoms with van der Waals surface area (Å²) in [7, 11) is 0. The number of aromatic nitrogens is 1. The summed E-state index contributed by atoms with van der Waals surface area (Å²) in [6, 6.07) is 3.22. The number of pyridine rings is 1. The Morgan fingerprint density at radius 1 is 1.53 bits per heavy atom. The number of rotatable bonds is 3. The lowest BCUT2D eigenvalue weighted by molar-refractivity contribution is -0.140. The Hall–Kier alpha value is -1.23. The number of carbonyl (C=O) groups is 2. The van der Waals surface area contributed by atoms with Gasteiger partial charge in [-0.15, -0.1) is 0 Å². The van der Waals surface area contributed by atoms with Gasteiger partial charge < -0.3 is 4.74 Å². The van der Waals surface area contributed by atoms with E-state index in [1.54, 1.807) is 19.1 Å². The largest absolute Gasteiger partial charge is 0.442 e. The molecule has 1 rings (SSSR count). The van der Waals surface area contributed by atoms with Crippen LogP contribution in [0.3, 0.4) is 0 Å². The van der Waals surface area contributed by atoms with E-state index in [1.165, 1.54) is 13.1 Å². The summed E-state index contributed by atoms with van der Waals surface area (Å²) in [6.45, 7) is 3.03. The third kappa shape index (κ3) is 3.43. The molecule has 0 fully saturated rings. The van der Waals surface area contributed by atoms with Crippen molar-refractivity contribution >= 4 is 27.7 Å². The van der Waals surface area contributed by atoms with Crippen molar-refractivity contribution in [3.8, 4) is 0 Å². The van der Waals surface area contributed by atoms with Gasteiger partial charge in [0.05, 0.1) is 0 Å². The smallest absolute Gasteiger partial charge is 0.304 e. The highest BCUT2D eigenvalue weighted by molar-refractivity contribution is 9.09. The lowest BCUT2D eigenvalue weighted by Gasteiger charge is -2.08. The van der Waals surface area contributed by atoms with Crippen LogP contribution in [0.4, 0.5) is 0 Å². The zero-order chi connectivity index (χ0) is 11.4. The van der Waals surface area contributed by atoms with Gasteiger partial charge >= 0.3 is 5.97 Å². The van der Waals surface area contributed by atoms with Crippen molar-refractivity contribution in [2.45, 2.75) is 18.9 Å². The van der Waals surface area contributed by atoms with Crippen LogP contribution in [0.2, 0.25) is 0 Å². The van der Waals surface area contributed by atoms with Crippen LogP contribution in [0, 0.1) is 6.92 Å². The van der Waals surface area contributed by atoms with E-state index >= 15 is 0 Å². The molecular weight excluding hydrogens is 262 g/mol. The molecule has 80 valence electrons. The SMILES string of the molecule is CC(=O)OC(Br)C(=O)c1ccnc(C)c1. The number of alkyl halides is 1. The quantitative estimate of drug-likeness (QED) is 0.478. The van der Waals surface area contributed by atoms with E-state index < -0.39 is 11.0 Å². The summed E-state index contributed by atoms with van der Waals surface area (Å²) < 4.78 is 4.71. The van der Waals surface area contributed by atoms with Crippen molar-refractivity contribution in [2.24, 2.45) is 0 Å². The number of hydrogen-bond acceptors (Lipinski definition) is 4. The van der Waals surface area contributed by atoms with Gasteiger partial charge in [0, 0.05) is 24.4 Å². The summed E-state index contributed by atoms with van der Waals surface area (Å²) >= 11 is 2.99. The van der Waals surface area contributed by atoms with Crippen LogP contribution in [0.25, 0.3) is 0 Å². The van der Waals surface area contributed by atoms with Gasteiger partial charge in [-0.3, -0.25) is 14.6 Å². The maximum atomic E-state index is 11.7. The predicted octanol–water partition coefficient (Wildman–Crippen LogP) is 1.86. The van der Waals surface area contributed by atoms with Crippen molar-refractivity contribution in [3.63, 3.8) is 0 Å². The molecule has 0 aliphatic carbocycles. The van der Waals surface area contributed by atoms with Gasteiger partial charge in [-0.05, 0) is 35.0 Å². The summed E-state index contributed by atoms with van der Waals surface area (Å²) in [6.07, 6.45) is 1.54. The second-order valence-electron chi connectivity index (χ2n) is 2.98. The van der Waals surface area contributed by atoms with Gasteiger partial charge in [-0.25, -0.2) is 0 Å². The van der Waals surface area contributed by atoms with E-state index in [1.807, 2.05) is 0 Å². The fourth-order valence-electron chi connectivity index (χ4n) is 1.03. The Kier molecular flexibility index (Phi) is 3.96. The molecule has 1 unspecified atom stereocenters. The van der Waals surface area contributed by atoms with Crippen LogP contribution in [-0.4, -0.2) is 21.7 Å². The molecule has 1 atom stereocenters. The minimum Gasteiger partial charge on any atom is -0.442 e. The maximum absolute atomic E-state index is 11.7. The topological polar surface area (TPSA) is 56.3 Å². The molecule has 15 heavy (non-hydrogen) atoms. The normalized spacial score (nSPS) is 11.9. The number of ketones is 1. The molecule has 0 amide bonds. The molecule has 0 saturated carbocycles. The summed E-state index contributed by atoms with van der Waals surface area (Å²) in [4.78, 5) is 26.3. The zero-order valence-electron chi connectivity index (χ0n) is 8.36. The third-order valence-corrected chi connectivity index (χ3v) is 2.26. The number of esters is 1. The lowest BCUT2D eigenvalue weighted by Crippen LogP contribution is -2.20. The highest BCUT2D eigenvalue weighted by Gasteiger charge is 2.19. The van der Waals surface area contributed by atoms with Crippen LogP contribution in [0.15, 0.2) is 18.3 Å². The van der Waals surface area contributed by atoms with Crippen LogP contribution in [0.5, 0.6) is 0 Å². The van der Waals surface area contributed by atoms with E-state index in [2.05, 4.69) is 20.9 Å². The third-order valence-electron chi connectivity index (χ3n) is 1.66. The first kappa shape index (κ1) is 11.8. The van der Waals surface area contributed by atoms with Crippen molar-refractivity contribution in [2.75, 3.05) is 0 Å². The second-order valence-corrected chi connectivity index (χ2v) is 3.81. The Labute approximate surface area is 95.8 Å². The van der Waals surface area contributed by atoms with Crippen molar-refractivity contribution in [1.29, 1.82) is 0 Å². The molecule has 0 aliphatic heterocycles. The molecule has 1 heterocycles. The molecular formula is C10H10BrNO3. The molecule has 1 aromatic heterocycles. The summed E-state index contributed by atoms with van der Waals surface area (Å²) in [5.74, 6) is -0.799. The average molecular weight is 272 g/mol. The van der Waals surface area contributed by atoms with Crippen molar-refractivity contribution < 1.29 is 14.3 Å². The highest BCUT2D eigenvalue weighted by atomic mass is 79.9. The number of ether oxygens (including phenoxy) is 1. The molecule has 1 aromatic rings. The molecule has 0 aromatic carbocycles. The van der Waals surface area contributed by atoms with Gasteiger partial charge in [0.2, 0.25) is 10.8 Å². The monoisotopic (exact) mass is 271 g/mol. The zero-order valence-corrected chi connectivity index (χ0v) is 9.95. The van der Waals surface area contributed by atoms with Gasteiger partial charge in [-0.1, -0.05) is 0 Å². The Balaban J connectivity index is 2.80. The van der Waals surface area contributed by atoms with Gasteiger partial charge in [0.15, 0.2) is 0 Å². The van der Waals surface area contributed by atoms with Crippen molar-refractivity contribution in [3.05, 3.63) is 29.6 Å². The summed E-state index contributed by atoms with van der Waals surface area (Å²) in [5, 5.41) is -0.934. The van der Waals surface area contributed by atoms with E-state index in [-0.39, 0.29) is 5.78 Å². The minimum atomic E-state index is -0.934. The standard InChI is InChI=1S/C10H10BrNO3/c1-6-5-8(3-4-12-6)9(14)10(11)15-7(2)13/h3-5,10H,1-2H3. The fraction of sp³-hybridized carbons (Fsp3) is 0.300. The van der Waals surface area contributed by atoms with E-state index in [0.29, 0.717) is 5.56 Å². The Bertz CT molecular complexity index is 392. The fourth-order valence-corrected chi connectivity index (χ4v) is 1.56. The maximum Gasteiger partial charge on any atom is 0.304 e. The van der Waals surface area contributed by atoms with E-state index in [0.717, 1.165) is 5.69 Å². The van der Waals surface area contributed by atoms with Crippen LogP contribution >= 0.6 is 15.9 Å². The number of Topliss-reactive ketones (excluding diaryl/α,β-unsaturated/α-hetero) is 1. The Morgan fingerprint density at radius 2 is 2.20 bits per heavy atom. The van der Waals surface area contributed by atoms with Crippen LogP contribution in [0.1, 0.15) is 23.0 Å². The molecule has 0 radical (unpaired) electrons. The van der Waals surface area contributed by atoms with Crippen molar-refractivity contribution in [1.82, 2.24) is 4.98 Å². The molecule has 0 saturated heterocycles. The van der Waals surface area contributed by atoms with Gasteiger partial charge in [0.1, 0.15) is 0 Å². The average Bonchev–Trinajstić information content (AvgIpc) is 2.15. The minimum absolute atomic E-state index is 0.296.